The molecule has 3 unspecified atom stereocenters. The molecule has 3 atom stereocenters. The maximum Gasteiger partial charge on any atom is 0.226 e. The Morgan fingerprint density at radius 3 is 2.86 bits per heavy atom. The van der Waals surface area contributed by atoms with Crippen LogP contribution in [0.4, 0.5) is 10.1 Å². The topological polar surface area (TPSA) is 52.6 Å². The van der Waals surface area contributed by atoms with Crippen LogP contribution in [0, 0.1) is 11.7 Å². The fourth-order valence-electron chi connectivity index (χ4n) is 3.35. The zero-order chi connectivity index (χ0) is 15.7. The molecule has 0 radical (unpaired) electrons. The molecule has 1 saturated heterocycles. The van der Waals surface area contributed by atoms with Crippen molar-refractivity contribution in [3.63, 3.8) is 0 Å². The van der Waals surface area contributed by atoms with Crippen LogP contribution in [-0.4, -0.2) is 36.2 Å². The number of aliphatic hydroxyl groups is 1. The van der Waals surface area contributed by atoms with Crippen LogP contribution in [0.15, 0.2) is 18.2 Å². The van der Waals surface area contributed by atoms with Crippen molar-refractivity contribution in [1.82, 2.24) is 5.32 Å². The zero-order valence-corrected chi connectivity index (χ0v) is 13.0. The zero-order valence-electron chi connectivity index (χ0n) is 12.3. The van der Waals surface area contributed by atoms with Gasteiger partial charge >= 0.3 is 0 Å². The molecule has 1 aliphatic carbocycles. The highest BCUT2D eigenvalue weighted by atomic mass is 35.5. The van der Waals surface area contributed by atoms with Crippen molar-refractivity contribution < 1.29 is 14.3 Å². The Hall–Kier alpha value is -1.33. The maximum atomic E-state index is 13.2. The highest BCUT2D eigenvalue weighted by molar-refractivity contribution is 6.31. The first-order valence-corrected chi connectivity index (χ1v) is 8.11. The van der Waals surface area contributed by atoms with Crippen LogP contribution >= 0.6 is 11.6 Å². The van der Waals surface area contributed by atoms with E-state index in [9.17, 15) is 14.3 Å². The largest absolute Gasteiger partial charge is 0.392 e. The van der Waals surface area contributed by atoms with E-state index in [-0.39, 0.29) is 22.9 Å². The summed E-state index contributed by atoms with van der Waals surface area (Å²) in [6.45, 7) is 1.47. The van der Waals surface area contributed by atoms with Gasteiger partial charge in [0, 0.05) is 24.8 Å². The number of hydrogen-bond donors (Lipinski definition) is 2. The quantitative estimate of drug-likeness (QED) is 0.896. The lowest BCUT2D eigenvalue weighted by molar-refractivity contribution is -0.128. The molecule has 0 bridgehead atoms. The molecule has 1 aromatic carbocycles. The molecule has 1 heterocycles. The summed E-state index contributed by atoms with van der Waals surface area (Å²) >= 11 is 5.82. The number of halogens is 2. The van der Waals surface area contributed by atoms with Crippen molar-refractivity contribution >= 4 is 23.2 Å². The van der Waals surface area contributed by atoms with Crippen LogP contribution < -0.4 is 10.2 Å². The molecular formula is C16H20ClFN2O2. The van der Waals surface area contributed by atoms with Crippen LogP contribution in [0.3, 0.4) is 0 Å². The summed E-state index contributed by atoms with van der Waals surface area (Å²) in [5.41, 5.74) is 0.865. The highest BCUT2D eigenvalue weighted by Crippen LogP contribution is 2.28. The summed E-state index contributed by atoms with van der Waals surface area (Å²) in [5.74, 6) is -0.743. The third-order valence-corrected chi connectivity index (χ3v) is 4.91. The number of carbonyl (C=O) groups excluding carboxylic acids is 1. The fourth-order valence-corrected chi connectivity index (χ4v) is 3.52. The molecule has 22 heavy (non-hydrogen) atoms. The average molecular weight is 327 g/mol. The second-order valence-corrected chi connectivity index (χ2v) is 6.55. The van der Waals surface area contributed by atoms with Gasteiger partial charge < -0.3 is 15.3 Å². The lowest BCUT2D eigenvalue weighted by Crippen LogP contribution is -2.42. The van der Waals surface area contributed by atoms with Gasteiger partial charge in [-0.3, -0.25) is 4.79 Å². The van der Waals surface area contributed by atoms with E-state index in [0.29, 0.717) is 13.0 Å². The van der Waals surface area contributed by atoms with Gasteiger partial charge in [-0.05, 0) is 43.9 Å². The first-order valence-electron chi connectivity index (χ1n) is 7.73. The van der Waals surface area contributed by atoms with E-state index in [2.05, 4.69) is 10.2 Å². The first kappa shape index (κ1) is 15.6. The summed E-state index contributed by atoms with van der Waals surface area (Å²) in [7, 11) is 0. The Balaban J connectivity index is 1.58. The molecule has 1 amide bonds. The predicted molar refractivity (Wildman–Crippen MR) is 83.5 cm³/mol. The Kier molecular flexibility index (Phi) is 4.54. The molecule has 1 aromatic rings. The van der Waals surface area contributed by atoms with Crippen LogP contribution in [-0.2, 0) is 4.79 Å². The summed E-state index contributed by atoms with van der Waals surface area (Å²) in [6, 6.07) is 4.73. The Bertz CT molecular complexity index is 569. The van der Waals surface area contributed by atoms with E-state index >= 15 is 0 Å². The number of carbonyl (C=O) groups is 1. The fraction of sp³-hybridized carbons (Fsp3) is 0.562. The number of rotatable bonds is 3. The number of anilines is 1. The summed E-state index contributed by atoms with van der Waals surface area (Å²) < 4.78 is 13.2. The van der Waals surface area contributed by atoms with E-state index < -0.39 is 11.9 Å². The standard InChI is InChI=1S/C16H20ClFN2O2/c17-13-8-11(4-5-14(13)18)20-7-6-10(9-20)19-16(22)12-2-1-3-15(12)21/h4-5,8,10,12,15,21H,1-3,6-7,9H2,(H,19,22). The highest BCUT2D eigenvalue weighted by Gasteiger charge is 2.33. The second kappa shape index (κ2) is 6.42. The van der Waals surface area contributed by atoms with Gasteiger partial charge in [-0.1, -0.05) is 11.6 Å². The minimum absolute atomic E-state index is 0.0472. The molecule has 2 fully saturated rings. The predicted octanol–water partition coefficient (Wildman–Crippen LogP) is 2.34. The second-order valence-electron chi connectivity index (χ2n) is 6.14. The molecule has 0 aromatic heterocycles. The van der Waals surface area contributed by atoms with Gasteiger partial charge in [0.2, 0.25) is 5.91 Å². The molecule has 4 nitrogen and oxygen atoms in total. The third-order valence-electron chi connectivity index (χ3n) is 4.62. The van der Waals surface area contributed by atoms with Crippen LogP contribution in [0.1, 0.15) is 25.7 Å². The summed E-state index contributed by atoms with van der Waals surface area (Å²) in [5, 5.41) is 12.9. The van der Waals surface area contributed by atoms with E-state index in [0.717, 1.165) is 31.5 Å². The molecule has 3 rings (SSSR count). The van der Waals surface area contributed by atoms with Gasteiger partial charge in [-0.25, -0.2) is 4.39 Å². The lowest BCUT2D eigenvalue weighted by Gasteiger charge is -2.21. The van der Waals surface area contributed by atoms with Crippen molar-refractivity contribution in [2.45, 2.75) is 37.8 Å². The third kappa shape index (κ3) is 3.20. The molecule has 2 aliphatic rings. The SMILES string of the molecule is O=C(NC1CCN(c2ccc(F)c(Cl)c2)C1)C1CCCC1O. The minimum Gasteiger partial charge on any atom is -0.392 e. The van der Waals surface area contributed by atoms with Crippen molar-refractivity contribution in [1.29, 1.82) is 0 Å². The van der Waals surface area contributed by atoms with Crippen LogP contribution in [0.2, 0.25) is 5.02 Å². The molecule has 0 spiro atoms. The average Bonchev–Trinajstić information content (AvgIpc) is 3.11. The van der Waals surface area contributed by atoms with Gasteiger partial charge in [0.1, 0.15) is 5.82 Å². The number of amides is 1. The molecule has 2 N–H and O–H groups in total. The monoisotopic (exact) mass is 326 g/mol. The molecular weight excluding hydrogens is 307 g/mol. The van der Waals surface area contributed by atoms with E-state index in [1.807, 2.05) is 0 Å². The van der Waals surface area contributed by atoms with Crippen LogP contribution in [0.5, 0.6) is 0 Å². The van der Waals surface area contributed by atoms with Gasteiger partial charge in [-0.2, -0.15) is 0 Å². The lowest BCUT2D eigenvalue weighted by atomic mass is 10.0. The Labute approximate surface area is 134 Å². The normalized spacial score (nSPS) is 28.1. The molecule has 1 saturated carbocycles. The van der Waals surface area contributed by atoms with Gasteiger partial charge in [0.15, 0.2) is 0 Å². The van der Waals surface area contributed by atoms with Crippen molar-refractivity contribution in [2.75, 3.05) is 18.0 Å². The molecule has 6 heteroatoms. The molecule has 1 aliphatic heterocycles. The van der Waals surface area contributed by atoms with Crippen molar-refractivity contribution in [3.05, 3.63) is 29.0 Å². The smallest absolute Gasteiger partial charge is 0.226 e. The molecule has 120 valence electrons. The number of hydrogen-bond acceptors (Lipinski definition) is 3. The van der Waals surface area contributed by atoms with Crippen molar-refractivity contribution in [2.24, 2.45) is 5.92 Å². The Morgan fingerprint density at radius 2 is 2.18 bits per heavy atom. The number of aliphatic hydroxyl groups excluding tert-OH is 1. The van der Waals surface area contributed by atoms with Gasteiger partial charge in [-0.15, -0.1) is 0 Å². The van der Waals surface area contributed by atoms with E-state index in [1.54, 1.807) is 12.1 Å². The van der Waals surface area contributed by atoms with Gasteiger partial charge in [0.05, 0.1) is 17.0 Å². The first-order chi connectivity index (χ1) is 10.5. The summed E-state index contributed by atoms with van der Waals surface area (Å²) in [4.78, 5) is 14.3. The van der Waals surface area contributed by atoms with Crippen LogP contribution in [0.25, 0.3) is 0 Å². The summed E-state index contributed by atoms with van der Waals surface area (Å²) in [6.07, 6.45) is 2.71. The number of nitrogens with one attached hydrogen (secondary N) is 1. The van der Waals surface area contributed by atoms with E-state index in [4.69, 9.17) is 11.6 Å². The minimum atomic E-state index is -0.506. The van der Waals surface area contributed by atoms with Gasteiger partial charge in [0.25, 0.3) is 0 Å². The van der Waals surface area contributed by atoms with Crippen molar-refractivity contribution in [3.8, 4) is 0 Å². The number of benzene rings is 1. The number of nitrogens with zero attached hydrogens (tertiary/aromatic N) is 1. The van der Waals surface area contributed by atoms with E-state index in [1.165, 1.54) is 6.07 Å². The Morgan fingerprint density at radius 1 is 1.36 bits per heavy atom. The maximum absolute atomic E-state index is 13.2.